The lowest BCUT2D eigenvalue weighted by molar-refractivity contribution is -0.138. The molecule has 0 saturated heterocycles. The lowest BCUT2D eigenvalue weighted by Crippen LogP contribution is -2.30. The number of aliphatic carboxylic acids is 1. The molecule has 0 bridgehead atoms. The molecule has 0 aliphatic rings. The van der Waals surface area contributed by atoms with Gasteiger partial charge in [0, 0.05) is 0 Å². The summed E-state index contributed by atoms with van der Waals surface area (Å²) in [6.07, 6.45) is 2.58. The van der Waals surface area contributed by atoms with Crippen LogP contribution in [0.15, 0.2) is 0 Å². The third kappa shape index (κ3) is 6.89. The Kier molecular flexibility index (Phi) is 5.13. The van der Waals surface area contributed by atoms with Crippen molar-refractivity contribution in [3.05, 3.63) is 0 Å². The lowest BCUT2D eigenvalue weighted by Gasteiger charge is -2.23. The monoisotopic (exact) mass is 201 g/mol. The van der Waals surface area contributed by atoms with Gasteiger partial charge in [0.1, 0.15) is 6.04 Å². The quantitative estimate of drug-likeness (QED) is 0.717. The van der Waals surface area contributed by atoms with Crippen molar-refractivity contribution in [2.45, 2.75) is 53.0 Å². The minimum absolute atomic E-state index is 0.312. The van der Waals surface area contributed by atoms with Crippen LogP contribution >= 0.6 is 0 Å². The van der Waals surface area contributed by atoms with E-state index in [4.69, 9.17) is 10.8 Å². The molecule has 0 aromatic carbocycles. The van der Waals surface area contributed by atoms with Crippen molar-refractivity contribution in [2.75, 3.05) is 0 Å². The first kappa shape index (κ1) is 13.4. The molecule has 0 unspecified atom stereocenters. The third-order valence-electron chi connectivity index (χ3n) is 2.25. The average Bonchev–Trinajstić information content (AvgIpc) is 1.96. The number of carbonyl (C=O) groups is 1. The molecule has 0 aliphatic heterocycles. The van der Waals surface area contributed by atoms with Gasteiger partial charge in [0.05, 0.1) is 0 Å². The Hall–Kier alpha value is -0.570. The molecule has 2 atom stereocenters. The van der Waals surface area contributed by atoms with Gasteiger partial charge in [0.2, 0.25) is 0 Å². The highest BCUT2D eigenvalue weighted by Gasteiger charge is 2.17. The van der Waals surface area contributed by atoms with E-state index in [0.29, 0.717) is 17.8 Å². The molecule has 0 amide bonds. The van der Waals surface area contributed by atoms with Crippen molar-refractivity contribution in [3.8, 4) is 0 Å². The fourth-order valence-electron chi connectivity index (χ4n) is 1.73. The molecule has 0 spiro atoms. The van der Waals surface area contributed by atoms with Crippen LogP contribution in [0.4, 0.5) is 0 Å². The van der Waals surface area contributed by atoms with Crippen LogP contribution in [-0.2, 0) is 4.79 Å². The molecule has 14 heavy (non-hydrogen) atoms. The second kappa shape index (κ2) is 5.35. The third-order valence-corrected chi connectivity index (χ3v) is 2.25. The van der Waals surface area contributed by atoms with Gasteiger partial charge in [-0.2, -0.15) is 0 Å². The maximum Gasteiger partial charge on any atom is 0.320 e. The summed E-state index contributed by atoms with van der Waals surface area (Å²) >= 11 is 0. The van der Waals surface area contributed by atoms with E-state index in [1.165, 1.54) is 0 Å². The molecule has 0 aliphatic carbocycles. The van der Waals surface area contributed by atoms with Gasteiger partial charge < -0.3 is 10.8 Å². The first-order valence-electron chi connectivity index (χ1n) is 5.21. The van der Waals surface area contributed by atoms with Gasteiger partial charge in [0.25, 0.3) is 0 Å². The van der Waals surface area contributed by atoms with Crippen LogP contribution in [0.2, 0.25) is 0 Å². The topological polar surface area (TPSA) is 63.3 Å². The first-order valence-corrected chi connectivity index (χ1v) is 5.21. The van der Waals surface area contributed by atoms with Crippen molar-refractivity contribution in [2.24, 2.45) is 17.1 Å². The average molecular weight is 201 g/mol. The smallest absolute Gasteiger partial charge is 0.320 e. The second-order valence-electron chi connectivity index (χ2n) is 5.39. The van der Waals surface area contributed by atoms with Gasteiger partial charge in [0.15, 0.2) is 0 Å². The Morgan fingerprint density at radius 1 is 1.36 bits per heavy atom. The molecule has 0 aromatic heterocycles. The fraction of sp³-hybridized carbons (Fsp3) is 0.909. The van der Waals surface area contributed by atoms with Gasteiger partial charge in [-0.1, -0.05) is 27.7 Å². The molecular formula is C11H23NO2. The van der Waals surface area contributed by atoms with E-state index >= 15 is 0 Å². The number of carboxylic acids is 1. The lowest BCUT2D eigenvalue weighted by atomic mass is 9.83. The van der Waals surface area contributed by atoms with E-state index in [9.17, 15) is 4.79 Å². The minimum atomic E-state index is -0.895. The highest BCUT2D eigenvalue weighted by molar-refractivity contribution is 5.72. The molecule has 84 valence electrons. The SMILES string of the molecule is C[C@@H](CC[C@@H](N)C(=O)O)CC(C)(C)C. The van der Waals surface area contributed by atoms with Gasteiger partial charge in [-0.15, -0.1) is 0 Å². The number of rotatable bonds is 5. The Morgan fingerprint density at radius 2 is 1.86 bits per heavy atom. The van der Waals surface area contributed by atoms with Gasteiger partial charge in [-0.3, -0.25) is 4.79 Å². The number of hydrogen-bond acceptors (Lipinski definition) is 2. The predicted molar refractivity (Wildman–Crippen MR) is 58.1 cm³/mol. The van der Waals surface area contributed by atoms with E-state index < -0.39 is 12.0 Å². The maximum atomic E-state index is 10.5. The van der Waals surface area contributed by atoms with Crippen molar-refractivity contribution >= 4 is 5.97 Å². The van der Waals surface area contributed by atoms with E-state index in [1.54, 1.807) is 0 Å². The summed E-state index contributed by atoms with van der Waals surface area (Å²) < 4.78 is 0. The van der Waals surface area contributed by atoms with Crippen LogP contribution in [0.1, 0.15) is 47.0 Å². The predicted octanol–water partition coefficient (Wildman–Crippen LogP) is 2.25. The maximum absolute atomic E-state index is 10.5. The van der Waals surface area contributed by atoms with E-state index in [-0.39, 0.29) is 0 Å². The van der Waals surface area contributed by atoms with Crippen molar-refractivity contribution in [3.63, 3.8) is 0 Å². The van der Waals surface area contributed by atoms with Gasteiger partial charge >= 0.3 is 5.97 Å². The largest absolute Gasteiger partial charge is 0.480 e. The van der Waals surface area contributed by atoms with Crippen molar-refractivity contribution < 1.29 is 9.90 Å². The summed E-state index contributed by atoms with van der Waals surface area (Å²) in [6.45, 7) is 8.74. The number of nitrogens with two attached hydrogens (primary N) is 1. The standard InChI is InChI=1S/C11H23NO2/c1-8(7-11(2,3)4)5-6-9(12)10(13)14/h8-9H,5-7,12H2,1-4H3,(H,13,14)/t8-,9+/m0/s1. The normalized spacial score (nSPS) is 16.4. The second-order valence-corrected chi connectivity index (χ2v) is 5.39. The van der Waals surface area contributed by atoms with Crippen LogP contribution in [0.3, 0.4) is 0 Å². The Morgan fingerprint density at radius 3 is 2.21 bits per heavy atom. The van der Waals surface area contributed by atoms with Crippen molar-refractivity contribution in [1.82, 2.24) is 0 Å². The van der Waals surface area contributed by atoms with Gasteiger partial charge in [-0.05, 0) is 30.6 Å². The zero-order chi connectivity index (χ0) is 11.4. The first-order chi connectivity index (χ1) is 6.22. The Balaban J connectivity index is 3.74. The zero-order valence-electron chi connectivity index (χ0n) is 9.71. The van der Waals surface area contributed by atoms with Crippen LogP contribution in [0, 0.1) is 11.3 Å². The summed E-state index contributed by atoms with van der Waals surface area (Å²) in [4.78, 5) is 10.5. The molecule has 0 saturated carbocycles. The summed E-state index contributed by atoms with van der Waals surface area (Å²) in [6, 6.07) is -0.697. The van der Waals surface area contributed by atoms with Crippen LogP contribution in [-0.4, -0.2) is 17.1 Å². The van der Waals surface area contributed by atoms with Crippen LogP contribution < -0.4 is 5.73 Å². The summed E-state index contributed by atoms with van der Waals surface area (Å²) in [5.41, 5.74) is 5.74. The highest BCUT2D eigenvalue weighted by Crippen LogP contribution is 2.26. The molecule has 3 nitrogen and oxygen atoms in total. The highest BCUT2D eigenvalue weighted by atomic mass is 16.4. The molecule has 3 N–H and O–H groups in total. The van der Waals surface area contributed by atoms with Crippen LogP contribution in [0.25, 0.3) is 0 Å². The minimum Gasteiger partial charge on any atom is -0.480 e. The van der Waals surface area contributed by atoms with E-state index in [1.807, 2.05) is 0 Å². The molecule has 0 aromatic rings. The van der Waals surface area contributed by atoms with E-state index in [0.717, 1.165) is 12.8 Å². The summed E-state index contributed by atoms with van der Waals surface area (Å²) in [5, 5.41) is 8.60. The molecule has 0 fully saturated rings. The Labute approximate surface area is 86.7 Å². The number of carboxylic acid groups (broad SMARTS) is 1. The molecule has 0 radical (unpaired) electrons. The fourth-order valence-corrected chi connectivity index (χ4v) is 1.73. The molecule has 0 heterocycles. The zero-order valence-corrected chi connectivity index (χ0v) is 9.71. The summed E-state index contributed by atoms with van der Waals surface area (Å²) in [7, 11) is 0. The van der Waals surface area contributed by atoms with Crippen molar-refractivity contribution in [1.29, 1.82) is 0 Å². The summed E-state index contributed by atoms with van der Waals surface area (Å²) in [5.74, 6) is -0.353. The molecular weight excluding hydrogens is 178 g/mol. The van der Waals surface area contributed by atoms with E-state index in [2.05, 4.69) is 27.7 Å². The Bertz CT molecular complexity index is 184. The molecule has 3 heteroatoms. The number of hydrogen-bond donors (Lipinski definition) is 2. The van der Waals surface area contributed by atoms with Crippen LogP contribution in [0.5, 0.6) is 0 Å². The van der Waals surface area contributed by atoms with Gasteiger partial charge in [-0.25, -0.2) is 0 Å². The molecule has 0 rings (SSSR count).